The van der Waals surface area contributed by atoms with Crippen molar-refractivity contribution in [2.75, 3.05) is 51.8 Å². The second-order valence-corrected chi connectivity index (χ2v) is 7.27. The Hall–Kier alpha value is -2.35. The maximum atomic E-state index is 12.5. The zero-order chi connectivity index (χ0) is 20.6. The molecule has 1 atom stereocenters. The van der Waals surface area contributed by atoms with Crippen LogP contribution in [0, 0.1) is 0 Å². The van der Waals surface area contributed by atoms with Gasteiger partial charge in [-0.25, -0.2) is 4.98 Å². The summed E-state index contributed by atoms with van der Waals surface area (Å²) in [6, 6.07) is 10.9. The van der Waals surface area contributed by atoms with Crippen molar-refractivity contribution in [1.29, 1.82) is 0 Å². The van der Waals surface area contributed by atoms with E-state index in [1.807, 2.05) is 31.2 Å². The number of methoxy groups -OCH3 is 1. The monoisotopic (exact) mass is 418 g/mol. The summed E-state index contributed by atoms with van der Waals surface area (Å²) in [5.41, 5.74) is 0.542. The molecular formula is C21H27ClN4O3. The third-order valence-electron chi connectivity index (χ3n) is 5.09. The highest BCUT2D eigenvalue weighted by Crippen LogP contribution is 2.19. The lowest BCUT2D eigenvalue weighted by Crippen LogP contribution is -2.53. The topological polar surface area (TPSA) is 66.9 Å². The first-order valence-electron chi connectivity index (χ1n) is 9.71. The van der Waals surface area contributed by atoms with E-state index in [0.717, 1.165) is 44.2 Å². The van der Waals surface area contributed by atoms with Gasteiger partial charge in [-0.2, -0.15) is 0 Å². The van der Waals surface area contributed by atoms with E-state index < -0.39 is 0 Å². The number of hydrogen-bond donors (Lipinski definition) is 1. The molecule has 1 N–H and O–H groups in total. The molecule has 0 bridgehead atoms. The first kappa shape index (κ1) is 21.4. The molecule has 0 saturated carbocycles. The number of benzene rings is 1. The highest BCUT2D eigenvalue weighted by molar-refractivity contribution is 6.32. The number of nitrogens with one attached hydrogen (secondary N) is 1. The van der Waals surface area contributed by atoms with Crippen molar-refractivity contribution in [2.45, 2.75) is 13.0 Å². The Morgan fingerprint density at radius 2 is 1.86 bits per heavy atom. The molecule has 1 saturated heterocycles. The minimum atomic E-state index is -0.232. The SMILES string of the molecule is COc1ccc(OCCN2CCN([C@@H](C)C(=O)Nc3cccnc3Cl)CC2)cc1. The van der Waals surface area contributed by atoms with Crippen LogP contribution >= 0.6 is 11.6 Å². The van der Waals surface area contributed by atoms with Crippen LogP contribution < -0.4 is 14.8 Å². The van der Waals surface area contributed by atoms with Gasteiger partial charge in [-0.3, -0.25) is 14.6 Å². The zero-order valence-corrected chi connectivity index (χ0v) is 17.6. The van der Waals surface area contributed by atoms with Crippen LogP contribution in [0.2, 0.25) is 5.15 Å². The maximum absolute atomic E-state index is 12.5. The number of carbonyl (C=O) groups is 1. The van der Waals surface area contributed by atoms with Crippen molar-refractivity contribution in [1.82, 2.24) is 14.8 Å². The van der Waals surface area contributed by atoms with E-state index in [1.54, 1.807) is 25.4 Å². The van der Waals surface area contributed by atoms with E-state index in [9.17, 15) is 4.79 Å². The fourth-order valence-corrected chi connectivity index (χ4v) is 3.39. The minimum Gasteiger partial charge on any atom is -0.497 e. The second-order valence-electron chi connectivity index (χ2n) is 6.91. The Balaban J connectivity index is 1.39. The zero-order valence-electron chi connectivity index (χ0n) is 16.8. The molecule has 0 aliphatic carbocycles. The van der Waals surface area contributed by atoms with E-state index in [-0.39, 0.29) is 11.9 Å². The van der Waals surface area contributed by atoms with Crippen LogP contribution in [0.15, 0.2) is 42.6 Å². The number of nitrogens with zero attached hydrogens (tertiary/aromatic N) is 3. The molecule has 0 spiro atoms. The van der Waals surface area contributed by atoms with E-state index in [4.69, 9.17) is 21.1 Å². The number of amides is 1. The molecular weight excluding hydrogens is 392 g/mol. The predicted octanol–water partition coefficient (Wildman–Crippen LogP) is 2.77. The number of ether oxygens (including phenoxy) is 2. The number of hydrogen-bond acceptors (Lipinski definition) is 6. The number of carbonyl (C=O) groups excluding carboxylic acids is 1. The van der Waals surface area contributed by atoms with E-state index in [2.05, 4.69) is 20.1 Å². The van der Waals surface area contributed by atoms with Crippen molar-refractivity contribution in [3.63, 3.8) is 0 Å². The fourth-order valence-electron chi connectivity index (χ4n) is 3.22. The third kappa shape index (κ3) is 6.06. The van der Waals surface area contributed by atoms with Gasteiger partial charge in [0.05, 0.1) is 18.8 Å². The minimum absolute atomic E-state index is 0.0730. The van der Waals surface area contributed by atoms with Crippen molar-refractivity contribution >= 4 is 23.2 Å². The number of aromatic nitrogens is 1. The Labute approximate surface area is 176 Å². The van der Waals surface area contributed by atoms with Crippen molar-refractivity contribution in [2.24, 2.45) is 0 Å². The molecule has 29 heavy (non-hydrogen) atoms. The van der Waals surface area contributed by atoms with Gasteiger partial charge in [0, 0.05) is 38.9 Å². The summed E-state index contributed by atoms with van der Waals surface area (Å²) in [6.45, 7) is 6.86. The summed E-state index contributed by atoms with van der Waals surface area (Å²) in [4.78, 5) is 21.1. The van der Waals surface area contributed by atoms with Crippen LogP contribution in [-0.4, -0.2) is 73.2 Å². The van der Waals surface area contributed by atoms with Crippen LogP contribution in [0.5, 0.6) is 11.5 Å². The molecule has 8 heteroatoms. The van der Waals surface area contributed by atoms with Gasteiger partial charge in [-0.05, 0) is 43.3 Å². The van der Waals surface area contributed by atoms with Gasteiger partial charge in [0.1, 0.15) is 18.1 Å². The van der Waals surface area contributed by atoms with E-state index >= 15 is 0 Å². The molecule has 2 heterocycles. The molecule has 1 amide bonds. The molecule has 1 aliphatic heterocycles. The fraction of sp³-hybridized carbons (Fsp3) is 0.429. The second kappa shape index (κ2) is 10.4. The van der Waals surface area contributed by atoms with Crippen LogP contribution in [0.4, 0.5) is 5.69 Å². The van der Waals surface area contributed by atoms with E-state index in [0.29, 0.717) is 17.4 Å². The summed E-state index contributed by atoms with van der Waals surface area (Å²) in [7, 11) is 1.65. The van der Waals surface area contributed by atoms with Crippen molar-refractivity contribution < 1.29 is 14.3 Å². The van der Waals surface area contributed by atoms with Gasteiger partial charge in [0.15, 0.2) is 5.15 Å². The number of pyridine rings is 1. The van der Waals surface area contributed by atoms with Gasteiger partial charge in [-0.1, -0.05) is 11.6 Å². The van der Waals surface area contributed by atoms with Gasteiger partial charge in [0.2, 0.25) is 5.91 Å². The molecule has 1 fully saturated rings. The van der Waals surface area contributed by atoms with Crippen LogP contribution in [0.25, 0.3) is 0 Å². The van der Waals surface area contributed by atoms with E-state index in [1.165, 1.54) is 0 Å². The highest BCUT2D eigenvalue weighted by atomic mass is 35.5. The molecule has 0 radical (unpaired) electrons. The summed E-state index contributed by atoms with van der Waals surface area (Å²) in [5, 5.41) is 3.16. The summed E-state index contributed by atoms with van der Waals surface area (Å²) < 4.78 is 11.0. The molecule has 156 valence electrons. The lowest BCUT2D eigenvalue weighted by atomic mass is 10.2. The smallest absolute Gasteiger partial charge is 0.241 e. The summed E-state index contributed by atoms with van der Waals surface area (Å²) in [5.74, 6) is 1.58. The maximum Gasteiger partial charge on any atom is 0.241 e. The Morgan fingerprint density at radius 3 is 2.52 bits per heavy atom. The molecule has 3 rings (SSSR count). The highest BCUT2D eigenvalue weighted by Gasteiger charge is 2.25. The third-order valence-corrected chi connectivity index (χ3v) is 5.39. The van der Waals surface area contributed by atoms with Gasteiger partial charge < -0.3 is 14.8 Å². The number of halogens is 1. The Kier molecular flexibility index (Phi) is 7.69. The van der Waals surface area contributed by atoms with Crippen molar-refractivity contribution in [3.05, 3.63) is 47.7 Å². The quantitative estimate of drug-likeness (QED) is 0.665. The van der Waals surface area contributed by atoms with Gasteiger partial charge in [0.25, 0.3) is 0 Å². The molecule has 0 unspecified atom stereocenters. The molecule has 1 aromatic carbocycles. The van der Waals surface area contributed by atoms with Crippen LogP contribution in [0.1, 0.15) is 6.92 Å². The van der Waals surface area contributed by atoms with Gasteiger partial charge >= 0.3 is 0 Å². The average molecular weight is 419 g/mol. The summed E-state index contributed by atoms with van der Waals surface area (Å²) in [6.07, 6.45) is 1.60. The molecule has 2 aromatic rings. The lowest BCUT2D eigenvalue weighted by molar-refractivity contribution is -0.121. The van der Waals surface area contributed by atoms with Crippen LogP contribution in [-0.2, 0) is 4.79 Å². The standard InChI is InChI=1S/C21H27ClN4O3/c1-16(21(27)24-19-4-3-9-23-20(19)22)26-12-10-25(11-13-26)14-15-29-18-7-5-17(28-2)6-8-18/h3-9,16H,10-15H2,1-2H3,(H,24,27)/t16-/m0/s1. The predicted molar refractivity (Wildman–Crippen MR) is 114 cm³/mol. The largest absolute Gasteiger partial charge is 0.497 e. The molecule has 1 aromatic heterocycles. The first-order chi connectivity index (χ1) is 14.1. The number of rotatable bonds is 8. The number of anilines is 1. The lowest BCUT2D eigenvalue weighted by Gasteiger charge is -2.37. The summed E-state index contributed by atoms with van der Waals surface area (Å²) >= 11 is 6.02. The Bertz CT molecular complexity index is 795. The molecule has 7 nitrogen and oxygen atoms in total. The van der Waals surface area contributed by atoms with Crippen molar-refractivity contribution in [3.8, 4) is 11.5 Å². The molecule has 1 aliphatic rings. The number of piperazine rings is 1. The van der Waals surface area contributed by atoms with Crippen LogP contribution in [0.3, 0.4) is 0 Å². The average Bonchev–Trinajstić information content (AvgIpc) is 2.76. The first-order valence-corrected chi connectivity index (χ1v) is 10.1. The Morgan fingerprint density at radius 1 is 1.17 bits per heavy atom. The normalized spacial score (nSPS) is 16.2. The van der Waals surface area contributed by atoms with Gasteiger partial charge in [-0.15, -0.1) is 0 Å².